The van der Waals surface area contributed by atoms with E-state index in [1.54, 1.807) is 0 Å². The third kappa shape index (κ3) is 16.5. The number of benzene rings is 4. The van der Waals surface area contributed by atoms with Crippen molar-refractivity contribution >= 4 is 86.2 Å². The molecule has 8 rings (SSSR count). The van der Waals surface area contributed by atoms with Crippen molar-refractivity contribution in [2.24, 2.45) is 9.98 Å². The topological polar surface area (TPSA) is 106 Å². The quantitative estimate of drug-likeness (QED) is 0.137. The van der Waals surface area contributed by atoms with Gasteiger partial charge in [-0.05, 0) is 92.8 Å². The van der Waals surface area contributed by atoms with Crippen molar-refractivity contribution in [2.45, 2.75) is 68.0 Å². The maximum absolute atomic E-state index is 8.07. The second kappa shape index (κ2) is 29.9. The van der Waals surface area contributed by atoms with Crippen LogP contribution in [0.3, 0.4) is 0 Å². The van der Waals surface area contributed by atoms with E-state index in [2.05, 4.69) is 105 Å². The summed E-state index contributed by atoms with van der Waals surface area (Å²) in [7, 11) is 18.9. The Labute approximate surface area is 407 Å². The van der Waals surface area contributed by atoms with Gasteiger partial charge in [-0.25, -0.2) is 0 Å². The zero-order valence-corrected chi connectivity index (χ0v) is 40.7. The number of aryl methyl sites for hydroxylation is 4. The summed E-state index contributed by atoms with van der Waals surface area (Å²) in [6.07, 6.45) is 9.39. The van der Waals surface area contributed by atoms with Gasteiger partial charge >= 0.3 is 66.4 Å². The minimum absolute atomic E-state index is 0. The average Bonchev–Trinajstić information content (AvgIpc) is 3.82. The molecule has 0 fully saturated rings. The number of aliphatic hydroxyl groups is 1. The Morgan fingerprint density at radius 1 is 0.547 bits per heavy atom. The van der Waals surface area contributed by atoms with E-state index < -0.39 is 0 Å². The van der Waals surface area contributed by atoms with Crippen molar-refractivity contribution in [1.29, 1.82) is 0 Å². The second-order valence-corrected chi connectivity index (χ2v) is 17.4. The fourth-order valence-corrected chi connectivity index (χ4v) is 6.46. The van der Waals surface area contributed by atoms with Gasteiger partial charge in [0.05, 0.1) is 59.3 Å². The summed E-state index contributed by atoms with van der Waals surface area (Å²) in [5.74, 6) is 0. The zero-order valence-electron chi connectivity index (χ0n) is 35.6. The Balaban J connectivity index is 0.000000274. The number of rotatable bonds is 10. The van der Waals surface area contributed by atoms with Crippen LogP contribution in [0.25, 0.3) is 21.8 Å². The molecule has 9 nitrogen and oxygen atoms in total. The summed E-state index contributed by atoms with van der Waals surface area (Å²) >= 11 is 0.764. The second-order valence-electron chi connectivity index (χ2n) is 13.9. The summed E-state index contributed by atoms with van der Waals surface area (Å²) in [5.41, 5.74) is 12.6. The number of para-hydroxylation sites is 4. The first-order valence-corrected chi connectivity index (χ1v) is 25.6. The Hall–Kier alpha value is -4.41. The molecule has 0 saturated carbocycles. The zero-order chi connectivity index (χ0) is 45.4. The number of aliphatic hydroxyl groups excluding tert-OH is 1. The Morgan fingerprint density at radius 3 is 1.22 bits per heavy atom. The van der Waals surface area contributed by atoms with E-state index in [0.717, 1.165) is 68.8 Å². The van der Waals surface area contributed by atoms with Gasteiger partial charge in [-0.3, -0.25) is 29.3 Å². The van der Waals surface area contributed by atoms with Crippen molar-refractivity contribution in [3.8, 4) is 0 Å². The molecule has 1 N–H and O–H groups in total. The van der Waals surface area contributed by atoms with Crippen LogP contribution in [0.15, 0.2) is 144 Å². The van der Waals surface area contributed by atoms with Crippen molar-refractivity contribution in [2.75, 3.05) is 6.61 Å². The summed E-state index contributed by atoms with van der Waals surface area (Å²) in [4.78, 5) is 18.3. The summed E-state index contributed by atoms with van der Waals surface area (Å²) in [6, 6.07) is 40.8. The van der Waals surface area contributed by atoms with Crippen molar-refractivity contribution < 1.29 is 30.9 Å². The van der Waals surface area contributed by atoms with Crippen molar-refractivity contribution in [1.82, 2.24) is 29.5 Å². The van der Waals surface area contributed by atoms with Crippen LogP contribution in [0.4, 0.5) is 11.4 Å². The summed E-state index contributed by atoms with van der Waals surface area (Å²) in [6.45, 7) is 12.0. The van der Waals surface area contributed by atoms with Crippen LogP contribution in [0, 0.1) is 27.7 Å². The van der Waals surface area contributed by atoms with Gasteiger partial charge in [-0.15, -0.1) is 0 Å². The average molecular weight is 1030 g/mol. The third-order valence-electron chi connectivity index (χ3n) is 9.47. The number of hydrogen-bond acceptors (Lipinski definition) is 7. The van der Waals surface area contributed by atoms with Gasteiger partial charge in [0, 0.05) is 29.8 Å². The summed E-state index contributed by atoms with van der Waals surface area (Å²) in [5, 5.41) is 19.8. The van der Waals surface area contributed by atoms with Gasteiger partial charge in [0.15, 0.2) is 0 Å². The van der Waals surface area contributed by atoms with Crippen LogP contribution in [-0.4, -0.2) is 53.7 Å². The monoisotopic (exact) mass is 1030 g/mol. The summed E-state index contributed by atoms with van der Waals surface area (Å²) < 4.78 is 3.98. The molecule has 0 bridgehead atoms. The first-order valence-electron chi connectivity index (χ1n) is 19.9. The Kier molecular flexibility index (Phi) is 25.2. The van der Waals surface area contributed by atoms with Crippen LogP contribution >= 0.6 is 40.6 Å². The Bertz CT molecular complexity index is 2420. The first-order chi connectivity index (χ1) is 30.7. The van der Waals surface area contributed by atoms with Gasteiger partial charge < -0.3 is 5.11 Å². The molecule has 64 heavy (non-hydrogen) atoms. The molecule has 4 aromatic carbocycles. The molecule has 0 unspecified atom stereocenters. The molecule has 0 aliphatic carbocycles. The van der Waals surface area contributed by atoms with Crippen LogP contribution in [-0.2, 0) is 38.9 Å². The SMILES string of the molecule is C.CCCCO.Cc1cccc(C)c1N=Cc1nn(Cc2ccccn2)c2ccccc12.Cc1cccc(C)c1N=Cc1nn(Cc2ccccn2)c2ccccc12.[Cl][Co][Cl].[Cl][Co][Cl]. The number of halogens is 4. The van der Waals surface area contributed by atoms with E-state index in [4.69, 9.17) is 65.9 Å². The number of aromatic nitrogens is 6. The fourth-order valence-electron chi connectivity index (χ4n) is 6.46. The molecule has 0 aliphatic heterocycles. The van der Waals surface area contributed by atoms with Gasteiger partial charge in [0.25, 0.3) is 0 Å². The van der Waals surface area contributed by atoms with E-state index in [1.165, 1.54) is 22.3 Å². The maximum atomic E-state index is 8.07. The predicted octanol–water partition coefficient (Wildman–Crippen LogP) is 13.9. The van der Waals surface area contributed by atoms with Gasteiger partial charge in [0.1, 0.15) is 11.4 Å². The molecule has 342 valence electrons. The van der Waals surface area contributed by atoms with Crippen LogP contribution in [0.2, 0.25) is 0 Å². The molecule has 15 heteroatoms. The first kappa shape index (κ1) is 53.9. The predicted molar refractivity (Wildman–Crippen MR) is 265 cm³/mol. The van der Waals surface area contributed by atoms with Gasteiger partial charge in [-0.1, -0.05) is 106 Å². The van der Waals surface area contributed by atoms with E-state index in [9.17, 15) is 0 Å². The van der Waals surface area contributed by atoms with E-state index in [0.29, 0.717) is 45.5 Å². The van der Waals surface area contributed by atoms with Crippen molar-refractivity contribution in [3.05, 3.63) is 179 Å². The van der Waals surface area contributed by atoms with Gasteiger partial charge in [0.2, 0.25) is 0 Å². The van der Waals surface area contributed by atoms with Crippen molar-refractivity contribution in [3.63, 3.8) is 0 Å². The fraction of sp³-hybridized carbons (Fsp3) is 0.224. The number of unbranched alkanes of at least 4 members (excludes halogenated alkanes) is 1. The van der Waals surface area contributed by atoms with E-state index in [-0.39, 0.29) is 7.43 Å². The molecule has 4 heterocycles. The molecule has 0 saturated heterocycles. The molecule has 0 atom stereocenters. The van der Waals surface area contributed by atoms with Crippen LogP contribution in [0.1, 0.15) is 72.2 Å². The molecule has 0 radical (unpaired) electrons. The van der Waals surface area contributed by atoms with Crippen LogP contribution in [0.5, 0.6) is 0 Å². The van der Waals surface area contributed by atoms with E-state index in [1.807, 2.05) is 94.9 Å². The standard InChI is InChI=1S/2C22H20N4.C4H10O.CH4.4ClH.2Co/c2*1-16-8-7-9-17(2)22(16)24-14-20-19-11-3-4-12-21(19)26(25-20)15-18-10-5-6-13-23-18;1-2-3-4-5;;;;;;;/h2*3-14H,15H2,1-2H3;5H,2-4H2,1H3;1H4;4*1H;;/q;;;;;;;;2*+2/p-4. The number of aliphatic imine (C=N–C) groups is 2. The number of pyridine rings is 2. The molecule has 8 aromatic rings. The molecule has 0 aliphatic rings. The molecule has 0 spiro atoms. The third-order valence-corrected chi connectivity index (χ3v) is 9.47. The normalized spacial score (nSPS) is 10.7. The molecule has 0 amide bonds. The minimum atomic E-state index is 0. The molecular weight excluding hydrogens is 976 g/mol. The number of hydrogen-bond donors (Lipinski definition) is 1. The molecule has 4 aromatic heterocycles. The van der Waals surface area contributed by atoms with E-state index >= 15 is 0 Å². The van der Waals surface area contributed by atoms with Crippen LogP contribution < -0.4 is 0 Å². The molecular formula is C49H54Cl4Co2N8O. The number of fused-ring (bicyclic) bond motifs is 2. The van der Waals surface area contributed by atoms with Gasteiger partial charge in [-0.2, -0.15) is 10.2 Å². The number of nitrogens with zero attached hydrogens (tertiary/aromatic N) is 8. The Morgan fingerprint density at radius 2 is 0.906 bits per heavy atom.